The summed E-state index contributed by atoms with van der Waals surface area (Å²) in [5.74, 6) is 2.03. The van der Waals surface area contributed by atoms with Gasteiger partial charge in [-0.15, -0.1) is 0 Å². The third-order valence-electron chi connectivity index (χ3n) is 2.42. The lowest BCUT2D eigenvalue weighted by atomic mass is 10.2. The zero-order chi connectivity index (χ0) is 13.8. The molecule has 0 fully saturated rings. The highest BCUT2D eigenvalue weighted by Gasteiger charge is 2.10. The van der Waals surface area contributed by atoms with Crippen LogP contribution < -0.4 is 20.5 Å². The molecule has 0 aliphatic rings. The van der Waals surface area contributed by atoms with E-state index in [1.54, 1.807) is 32.4 Å². The molecule has 1 aromatic heterocycles. The van der Waals surface area contributed by atoms with Gasteiger partial charge in [-0.2, -0.15) is 0 Å². The van der Waals surface area contributed by atoms with Crippen molar-refractivity contribution in [2.24, 2.45) is 0 Å². The van der Waals surface area contributed by atoms with Gasteiger partial charge in [0.05, 0.1) is 24.9 Å². The van der Waals surface area contributed by atoms with Crippen molar-refractivity contribution in [1.82, 2.24) is 9.97 Å². The molecular formula is C12H13ClN4O2. The molecule has 19 heavy (non-hydrogen) atoms. The second kappa shape index (κ2) is 5.62. The van der Waals surface area contributed by atoms with Crippen molar-refractivity contribution in [2.45, 2.75) is 0 Å². The summed E-state index contributed by atoms with van der Waals surface area (Å²) in [6.07, 6.45) is 1.37. The minimum absolute atomic E-state index is 0.373. The second-order valence-corrected chi connectivity index (χ2v) is 4.05. The summed E-state index contributed by atoms with van der Waals surface area (Å²) in [5, 5.41) is 3.54. The largest absolute Gasteiger partial charge is 0.495 e. The van der Waals surface area contributed by atoms with Gasteiger partial charge in [0.25, 0.3) is 0 Å². The molecule has 0 atom stereocenters. The Morgan fingerprint density at radius 2 is 1.84 bits per heavy atom. The topological polar surface area (TPSA) is 82.3 Å². The van der Waals surface area contributed by atoms with Crippen LogP contribution in [0.2, 0.25) is 5.02 Å². The summed E-state index contributed by atoms with van der Waals surface area (Å²) in [5.41, 5.74) is 6.26. The summed E-state index contributed by atoms with van der Waals surface area (Å²) >= 11 is 6.03. The molecule has 0 radical (unpaired) electrons. The van der Waals surface area contributed by atoms with Crippen LogP contribution >= 0.6 is 11.6 Å². The fourth-order valence-electron chi connectivity index (χ4n) is 1.54. The van der Waals surface area contributed by atoms with Crippen LogP contribution in [0.25, 0.3) is 0 Å². The average Bonchev–Trinajstić information content (AvgIpc) is 2.40. The van der Waals surface area contributed by atoms with E-state index in [4.69, 9.17) is 26.8 Å². The normalized spacial score (nSPS) is 10.1. The van der Waals surface area contributed by atoms with E-state index in [2.05, 4.69) is 15.3 Å². The molecule has 0 aliphatic heterocycles. The smallest absolute Gasteiger partial charge is 0.144 e. The standard InChI is InChI=1S/C12H13ClN4O2/c1-18-9-4-8(10(19-2)3-7(9)13)17-12-5-11(14)15-6-16-12/h3-6H,1-2H3,(H3,14,15,16,17). The number of nitrogens with zero attached hydrogens (tertiary/aromatic N) is 2. The van der Waals surface area contributed by atoms with Crippen LogP contribution in [0, 0.1) is 0 Å². The number of anilines is 3. The van der Waals surface area contributed by atoms with Gasteiger partial charge in [0.1, 0.15) is 29.5 Å². The highest BCUT2D eigenvalue weighted by Crippen LogP contribution is 2.37. The van der Waals surface area contributed by atoms with Gasteiger partial charge in [0.15, 0.2) is 0 Å². The molecular weight excluding hydrogens is 268 g/mol. The predicted octanol–water partition coefficient (Wildman–Crippen LogP) is 2.47. The lowest BCUT2D eigenvalue weighted by molar-refractivity contribution is 0.405. The molecule has 3 N–H and O–H groups in total. The van der Waals surface area contributed by atoms with Crippen molar-refractivity contribution in [3.8, 4) is 11.5 Å². The number of aromatic nitrogens is 2. The van der Waals surface area contributed by atoms with Gasteiger partial charge in [-0.3, -0.25) is 0 Å². The fourth-order valence-corrected chi connectivity index (χ4v) is 1.77. The van der Waals surface area contributed by atoms with E-state index >= 15 is 0 Å². The number of methoxy groups -OCH3 is 2. The molecule has 7 heteroatoms. The van der Waals surface area contributed by atoms with Gasteiger partial charge in [0.2, 0.25) is 0 Å². The summed E-state index contributed by atoms with van der Waals surface area (Å²) < 4.78 is 10.4. The molecule has 0 bridgehead atoms. The second-order valence-electron chi connectivity index (χ2n) is 3.64. The average molecular weight is 281 g/mol. The predicted molar refractivity (Wildman–Crippen MR) is 74.3 cm³/mol. The molecule has 2 rings (SSSR count). The molecule has 6 nitrogen and oxygen atoms in total. The number of nitrogen functional groups attached to an aromatic ring is 1. The first-order chi connectivity index (χ1) is 9.13. The van der Waals surface area contributed by atoms with Gasteiger partial charge in [-0.25, -0.2) is 9.97 Å². The van der Waals surface area contributed by atoms with E-state index in [0.29, 0.717) is 33.8 Å². The van der Waals surface area contributed by atoms with E-state index in [1.807, 2.05) is 0 Å². The first kappa shape index (κ1) is 13.2. The molecule has 100 valence electrons. The lowest BCUT2D eigenvalue weighted by Crippen LogP contribution is -2.00. The Balaban J connectivity index is 2.38. The monoisotopic (exact) mass is 280 g/mol. The van der Waals surface area contributed by atoms with Crippen molar-refractivity contribution >= 4 is 28.9 Å². The number of hydrogen-bond donors (Lipinski definition) is 2. The van der Waals surface area contributed by atoms with Gasteiger partial charge >= 0.3 is 0 Å². The molecule has 0 saturated heterocycles. The third kappa shape index (κ3) is 2.97. The Morgan fingerprint density at radius 3 is 2.47 bits per heavy atom. The molecule has 1 aromatic carbocycles. The molecule has 0 aliphatic carbocycles. The van der Waals surface area contributed by atoms with Crippen LogP contribution in [-0.4, -0.2) is 24.2 Å². The number of ether oxygens (including phenoxy) is 2. The molecule has 0 saturated carbocycles. The van der Waals surface area contributed by atoms with Gasteiger partial charge in [-0.1, -0.05) is 11.6 Å². The number of rotatable bonds is 4. The van der Waals surface area contributed by atoms with E-state index in [-0.39, 0.29) is 0 Å². The Kier molecular flexibility index (Phi) is 3.91. The highest BCUT2D eigenvalue weighted by atomic mass is 35.5. The zero-order valence-electron chi connectivity index (χ0n) is 10.5. The van der Waals surface area contributed by atoms with Crippen molar-refractivity contribution in [1.29, 1.82) is 0 Å². The van der Waals surface area contributed by atoms with E-state index in [0.717, 1.165) is 0 Å². The third-order valence-corrected chi connectivity index (χ3v) is 2.72. The Hall–Kier alpha value is -2.21. The van der Waals surface area contributed by atoms with Crippen LogP contribution in [0.3, 0.4) is 0 Å². The van der Waals surface area contributed by atoms with Crippen LogP contribution in [0.1, 0.15) is 0 Å². The molecule has 0 spiro atoms. The first-order valence-corrected chi connectivity index (χ1v) is 5.78. The molecule has 1 heterocycles. The van der Waals surface area contributed by atoms with Crippen LogP contribution in [0.5, 0.6) is 11.5 Å². The van der Waals surface area contributed by atoms with Crippen molar-refractivity contribution < 1.29 is 9.47 Å². The Bertz CT molecular complexity index is 592. The summed E-state index contributed by atoms with van der Waals surface area (Å²) in [6.45, 7) is 0. The molecule has 2 aromatic rings. The molecule has 0 unspecified atom stereocenters. The highest BCUT2D eigenvalue weighted by molar-refractivity contribution is 6.32. The summed E-state index contributed by atoms with van der Waals surface area (Å²) in [6, 6.07) is 4.99. The van der Waals surface area contributed by atoms with Gasteiger partial charge in [-0.05, 0) is 0 Å². The number of halogens is 1. The van der Waals surface area contributed by atoms with Gasteiger partial charge in [0, 0.05) is 18.2 Å². The van der Waals surface area contributed by atoms with E-state index in [1.165, 1.54) is 6.33 Å². The lowest BCUT2D eigenvalue weighted by Gasteiger charge is -2.13. The Morgan fingerprint density at radius 1 is 1.11 bits per heavy atom. The van der Waals surface area contributed by atoms with Gasteiger partial charge < -0.3 is 20.5 Å². The van der Waals surface area contributed by atoms with E-state index in [9.17, 15) is 0 Å². The Labute approximate surface area is 115 Å². The zero-order valence-corrected chi connectivity index (χ0v) is 11.2. The number of hydrogen-bond acceptors (Lipinski definition) is 6. The number of nitrogens with one attached hydrogen (secondary N) is 1. The fraction of sp³-hybridized carbons (Fsp3) is 0.167. The quantitative estimate of drug-likeness (QED) is 0.895. The summed E-state index contributed by atoms with van der Waals surface area (Å²) in [4.78, 5) is 7.88. The van der Waals surface area contributed by atoms with Crippen LogP contribution in [-0.2, 0) is 0 Å². The number of nitrogens with two attached hydrogens (primary N) is 1. The minimum atomic E-state index is 0.373. The SMILES string of the molecule is COc1cc(Nc2cc(N)ncn2)c(OC)cc1Cl. The number of benzene rings is 1. The summed E-state index contributed by atoms with van der Waals surface area (Å²) in [7, 11) is 3.10. The maximum Gasteiger partial charge on any atom is 0.144 e. The van der Waals surface area contributed by atoms with Crippen LogP contribution in [0.15, 0.2) is 24.5 Å². The van der Waals surface area contributed by atoms with Crippen molar-refractivity contribution in [2.75, 3.05) is 25.3 Å². The van der Waals surface area contributed by atoms with Crippen molar-refractivity contribution in [3.63, 3.8) is 0 Å². The van der Waals surface area contributed by atoms with Crippen molar-refractivity contribution in [3.05, 3.63) is 29.5 Å². The maximum absolute atomic E-state index is 6.03. The van der Waals surface area contributed by atoms with E-state index < -0.39 is 0 Å². The molecule has 0 amide bonds. The first-order valence-electron chi connectivity index (χ1n) is 5.40. The maximum atomic E-state index is 6.03. The minimum Gasteiger partial charge on any atom is -0.495 e. The van der Waals surface area contributed by atoms with Crippen LogP contribution in [0.4, 0.5) is 17.3 Å².